The Labute approximate surface area is 104 Å². The molecule has 0 spiro atoms. The molecular formula is C14H22N2O. The maximum atomic E-state index is 5.71. The van der Waals surface area contributed by atoms with Crippen molar-refractivity contribution in [2.24, 2.45) is 0 Å². The average molecular weight is 234 g/mol. The topological polar surface area (TPSA) is 24.5 Å². The van der Waals surface area contributed by atoms with Gasteiger partial charge in [-0.2, -0.15) is 0 Å². The molecule has 1 saturated heterocycles. The SMILES string of the molecule is Cc1ccccc1CNCC1CN(C)CCO1. The summed E-state index contributed by atoms with van der Waals surface area (Å²) in [6, 6.07) is 8.50. The van der Waals surface area contributed by atoms with E-state index in [1.165, 1.54) is 11.1 Å². The highest BCUT2D eigenvalue weighted by atomic mass is 16.5. The molecule has 1 atom stereocenters. The number of likely N-dealkylation sites (N-methyl/N-ethyl adjacent to an activating group) is 1. The summed E-state index contributed by atoms with van der Waals surface area (Å²) in [5.41, 5.74) is 2.72. The smallest absolute Gasteiger partial charge is 0.0826 e. The van der Waals surface area contributed by atoms with Crippen LogP contribution in [-0.2, 0) is 11.3 Å². The number of nitrogens with one attached hydrogen (secondary N) is 1. The van der Waals surface area contributed by atoms with Gasteiger partial charge in [0.05, 0.1) is 12.7 Å². The van der Waals surface area contributed by atoms with Gasteiger partial charge in [0, 0.05) is 26.2 Å². The van der Waals surface area contributed by atoms with E-state index in [9.17, 15) is 0 Å². The van der Waals surface area contributed by atoms with E-state index < -0.39 is 0 Å². The molecule has 94 valence electrons. The highest BCUT2D eigenvalue weighted by Crippen LogP contribution is 2.07. The first-order valence-electron chi connectivity index (χ1n) is 6.31. The monoisotopic (exact) mass is 234 g/mol. The van der Waals surface area contributed by atoms with E-state index in [-0.39, 0.29) is 0 Å². The highest BCUT2D eigenvalue weighted by molar-refractivity contribution is 5.25. The molecule has 2 rings (SSSR count). The van der Waals surface area contributed by atoms with Crippen LogP contribution in [0, 0.1) is 6.92 Å². The Morgan fingerprint density at radius 2 is 2.24 bits per heavy atom. The Morgan fingerprint density at radius 1 is 1.41 bits per heavy atom. The zero-order valence-corrected chi connectivity index (χ0v) is 10.8. The van der Waals surface area contributed by atoms with Gasteiger partial charge in [0.2, 0.25) is 0 Å². The third-order valence-corrected chi connectivity index (χ3v) is 3.29. The van der Waals surface area contributed by atoms with Crippen molar-refractivity contribution in [3.63, 3.8) is 0 Å². The second-order valence-corrected chi connectivity index (χ2v) is 4.81. The van der Waals surface area contributed by atoms with Gasteiger partial charge in [-0.3, -0.25) is 0 Å². The molecule has 1 aromatic rings. The minimum atomic E-state index is 0.331. The molecule has 1 aliphatic heterocycles. The molecule has 0 aromatic heterocycles. The molecular weight excluding hydrogens is 212 g/mol. The maximum Gasteiger partial charge on any atom is 0.0826 e. The van der Waals surface area contributed by atoms with Crippen molar-refractivity contribution in [3.05, 3.63) is 35.4 Å². The fourth-order valence-corrected chi connectivity index (χ4v) is 2.17. The van der Waals surface area contributed by atoms with Gasteiger partial charge in [-0.25, -0.2) is 0 Å². The third-order valence-electron chi connectivity index (χ3n) is 3.29. The maximum absolute atomic E-state index is 5.71. The predicted molar refractivity (Wildman–Crippen MR) is 70.1 cm³/mol. The molecule has 0 bridgehead atoms. The molecule has 3 nitrogen and oxygen atoms in total. The van der Waals surface area contributed by atoms with Crippen LogP contribution in [0.1, 0.15) is 11.1 Å². The van der Waals surface area contributed by atoms with Gasteiger partial charge in [-0.05, 0) is 25.1 Å². The fourth-order valence-electron chi connectivity index (χ4n) is 2.17. The first kappa shape index (κ1) is 12.6. The molecule has 17 heavy (non-hydrogen) atoms. The van der Waals surface area contributed by atoms with Crippen LogP contribution in [-0.4, -0.2) is 44.3 Å². The van der Waals surface area contributed by atoms with E-state index >= 15 is 0 Å². The molecule has 0 amide bonds. The van der Waals surface area contributed by atoms with Crippen molar-refractivity contribution < 1.29 is 4.74 Å². The summed E-state index contributed by atoms with van der Waals surface area (Å²) in [7, 11) is 2.15. The summed E-state index contributed by atoms with van der Waals surface area (Å²) in [6.07, 6.45) is 0.331. The molecule has 0 aliphatic carbocycles. The van der Waals surface area contributed by atoms with E-state index in [0.717, 1.165) is 32.8 Å². The highest BCUT2D eigenvalue weighted by Gasteiger charge is 2.16. The lowest BCUT2D eigenvalue weighted by Gasteiger charge is -2.30. The van der Waals surface area contributed by atoms with Gasteiger partial charge in [0.25, 0.3) is 0 Å². The van der Waals surface area contributed by atoms with Crippen LogP contribution < -0.4 is 5.32 Å². The zero-order chi connectivity index (χ0) is 12.1. The second-order valence-electron chi connectivity index (χ2n) is 4.81. The number of rotatable bonds is 4. The van der Waals surface area contributed by atoms with E-state index in [2.05, 4.69) is 48.5 Å². The zero-order valence-electron chi connectivity index (χ0n) is 10.8. The van der Waals surface area contributed by atoms with Crippen LogP contribution in [0.25, 0.3) is 0 Å². The number of aryl methyl sites for hydroxylation is 1. The van der Waals surface area contributed by atoms with E-state index in [1.54, 1.807) is 0 Å². The molecule has 0 radical (unpaired) electrons. The van der Waals surface area contributed by atoms with E-state index in [1.807, 2.05) is 0 Å². The van der Waals surface area contributed by atoms with Crippen molar-refractivity contribution in [2.75, 3.05) is 33.3 Å². The summed E-state index contributed by atoms with van der Waals surface area (Å²) in [5.74, 6) is 0. The number of benzene rings is 1. The van der Waals surface area contributed by atoms with Crippen molar-refractivity contribution >= 4 is 0 Å². The third kappa shape index (κ3) is 3.80. The second kappa shape index (κ2) is 6.15. The summed E-state index contributed by atoms with van der Waals surface area (Å²) < 4.78 is 5.71. The van der Waals surface area contributed by atoms with Crippen LogP contribution in [0.5, 0.6) is 0 Å². The van der Waals surface area contributed by atoms with Gasteiger partial charge < -0.3 is 15.0 Å². The van der Waals surface area contributed by atoms with Crippen LogP contribution in [0.2, 0.25) is 0 Å². The van der Waals surface area contributed by atoms with Gasteiger partial charge in [-0.1, -0.05) is 24.3 Å². The van der Waals surface area contributed by atoms with Gasteiger partial charge in [0.1, 0.15) is 0 Å². The number of hydrogen-bond donors (Lipinski definition) is 1. The van der Waals surface area contributed by atoms with E-state index in [4.69, 9.17) is 4.74 Å². The Balaban J connectivity index is 1.74. The molecule has 1 aromatic carbocycles. The molecule has 0 saturated carbocycles. The minimum Gasteiger partial charge on any atom is -0.374 e. The molecule has 1 fully saturated rings. The lowest BCUT2D eigenvalue weighted by Crippen LogP contribution is -2.44. The Bertz CT molecular complexity index is 354. The Kier molecular flexibility index (Phi) is 4.54. The van der Waals surface area contributed by atoms with Gasteiger partial charge in [-0.15, -0.1) is 0 Å². The van der Waals surface area contributed by atoms with Crippen LogP contribution in [0.15, 0.2) is 24.3 Å². The summed E-state index contributed by atoms with van der Waals surface area (Å²) in [4.78, 5) is 2.32. The van der Waals surface area contributed by atoms with E-state index in [0.29, 0.717) is 6.10 Å². The molecule has 1 unspecified atom stereocenters. The van der Waals surface area contributed by atoms with Crippen molar-refractivity contribution in [1.82, 2.24) is 10.2 Å². The summed E-state index contributed by atoms with van der Waals surface area (Å²) in [6.45, 7) is 6.94. The Hall–Kier alpha value is -0.900. The number of hydrogen-bond acceptors (Lipinski definition) is 3. The van der Waals surface area contributed by atoms with Gasteiger partial charge >= 0.3 is 0 Å². The predicted octanol–water partition coefficient (Wildman–Crippen LogP) is 1.42. The quantitative estimate of drug-likeness (QED) is 0.852. The molecule has 1 heterocycles. The summed E-state index contributed by atoms with van der Waals surface area (Å²) in [5, 5.41) is 3.48. The normalized spacial score (nSPS) is 21.6. The van der Waals surface area contributed by atoms with Gasteiger partial charge in [0.15, 0.2) is 0 Å². The standard InChI is InChI=1S/C14H22N2O/c1-12-5-3-4-6-13(12)9-15-10-14-11-16(2)7-8-17-14/h3-6,14-15H,7-11H2,1-2H3. The number of nitrogens with zero attached hydrogens (tertiary/aromatic N) is 1. The largest absolute Gasteiger partial charge is 0.374 e. The van der Waals surface area contributed by atoms with Crippen molar-refractivity contribution in [1.29, 1.82) is 0 Å². The summed E-state index contributed by atoms with van der Waals surface area (Å²) >= 11 is 0. The number of morpholine rings is 1. The van der Waals surface area contributed by atoms with Crippen LogP contribution >= 0.6 is 0 Å². The van der Waals surface area contributed by atoms with Crippen LogP contribution in [0.4, 0.5) is 0 Å². The minimum absolute atomic E-state index is 0.331. The molecule has 1 aliphatic rings. The first-order chi connectivity index (χ1) is 8.25. The fraction of sp³-hybridized carbons (Fsp3) is 0.571. The molecule has 1 N–H and O–H groups in total. The lowest BCUT2D eigenvalue weighted by molar-refractivity contribution is -0.0182. The molecule has 3 heteroatoms. The Morgan fingerprint density at radius 3 is 3.00 bits per heavy atom. The first-order valence-corrected chi connectivity index (χ1v) is 6.31. The lowest BCUT2D eigenvalue weighted by atomic mass is 10.1. The average Bonchev–Trinajstić information content (AvgIpc) is 2.32. The number of ether oxygens (including phenoxy) is 1. The van der Waals surface area contributed by atoms with Crippen molar-refractivity contribution in [2.45, 2.75) is 19.6 Å². The van der Waals surface area contributed by atoms with Crippen molar-refractivity contribution in [3.8, 4) is 0 Å². The van der Waals surface area contributed by atoms with Crippen LogP contribution in [0.3, 0.4) is 0 Å².